The molecule has 0 spiro atoms. The molecule has 0 aliphatic heterocycles. The van der Waals surface area contributed by atoms with Crippen molar-refractivity contribution in [3.8, 4) is 0 Å². The molecule has 0 saturated carbocycles. The van der Waals surface area contributed by atoms with E-state index in [1.165, 1.54) is 19.1 Å². The van der Waals surface area contributed by atoms with Gasteiger partial charge in [-0.2, -0.15) is 8.42 Å². The standard InChI is InChI=1S/C11H12O5S/c1-11(17(14,15)16)8-5-3-2-4-7(8)6-9(12)10(11)13/h2-6,10,12-13H,1H3,(H,14,15,16). The Balaban J connectivity index is 2.82. The highest BCUT2D eigenvalue weighted by atomic mass is 32.2. The molecule has 92 valence electrons. The minimum atomic E-state index is -4.57. The minimum Gasteiger partial charge on any atom is -0.509 e. The van der Waals surface area contributed by atoms with Gasteiger partial charge in [0.15, 0.2) is 4.75 Å². The second kappa shape index (κ2) is 3.56. The zero-order chi connectivity index (χ0) is 12.8. The molecule has 6 heteroatoms. The summed E-state index contributed by atoms with van der Waals surface area (Å²) in [4.78, 5) is 0. The van der Waals surface area contributed by atoms with Gasteiger partial charge in [-0.15, -0.1) is 0 Å². The van der Waals surface area contributed by atoms with E-state index in [1.54, 1.807) is 18.2 Å². The van der Waals surface area contributed by atoms with E-state index in [2.05, 4.69) is 0 Å². The fraction of sp³-hybridized carbons (Fsp3) is 0.273. The quantitative estimate of drug-likeness (QED) is 0.653. The van der Waals surface area contributed by atoms with E-state index in [0.717, 1.165) is 0 Å². The third kappa shape index (κ3) is 1.56. The van der Waals surface area contributed by atoms with Crippen LogP contribution in [0.25, 0.3) is 6.08 Å². The van der Waals surface area contributed by atoms with Gasteiger partial charge in [-0.25, -0.2) is 0 Å². The Morgan fingerprint density at radius 3 is 2.47 bits per heavy atom. The van der Waals surface area contributed by atoms with Gasteiger partial charge >= 0.3 is 0 Å². The topological polar surface area (TPSA) is 94.8 Å². The summed E-state index contributed by atoms with van der Waals surface area (Å²) in [5.74, 6) is -0.483. The number of hydrogen-bond donors (Lipinski definition) is 3. The number of aliphatic hydroxyl groups is 2. The van der Waals surface area contributed by atoms with Crippen LogP contribution in [0.1, 0.15) is 18.1 Å². The van der Waals surface area contributed by atoms with Crippen LogP contribution in [0.2, 0.25) is 0 Å². The molecule has 0 saturated heterocycles. The summed E-state index contributed by atoms with van der Waals surface area (Å²) >= 11 is 0. The monoisotopic (exact) mass is 256 g/mol. The van der Waals surface area contributed by atoms with Crippen LogP contribution in [0.5, 0.6) is 0 Å². The lowest BCUT2D eigenvalue weighted by molar-refractivity contribution is 0.110. The molecule has 0 heterocycles. The number of hydrogen-bond acceptors (Lipinski definition) is 4. The predicted octanol–water partition coefficient (Wildman–Crippen LogP) is 1.06. The maximum absolute atomic E-state index is 11.5. The zero-order valence-corrected chi connectivity index (χ0v) is 9.85. The summed E-state index contributed by atoms with van der Waals surface area (Å²) in [7, 11) is -4.57. The average Bonchev–Trinajstić information content (AvgIpc) is 2.24. The van der Waals surface area contributed by atoms with Crippen LogP contribution >= 0.6 is 0 Å². The molecule has 0 aromatic heterocycles. The average molecular weight is 256 g/mol. The van der Waals surface area contributed by atoms with Gasteiger partial charge in [0.1, 0.15) is 11.9 Å². The predicted molar refractivity (Wildman–Crippen MR) is 62.0 cm³/mol. The second-order valence-corrected chi connectivity index (χ2v) is 5.94. The molecule has 2 rings (SSSR count). The van der Waals surface area contributed by atoms with Gasteiger partial charge in [-0.05, 0) is 24.1 Å². The maximum atomic E-state index is 11.5. The molecule has 5 nitrogen and oxygen atoms in total. The van der Waals surface area contributed by atoms with E-state index in [4.69, 9.17) is 0 Å². The van der Waals surface area contributed by atoms with Gasteiger partial charge in [0.25, 0.3) is 10.1 Å². The zero-order valence-electron chi connectivity index (χ0n) is 9.03. The Kier molecular flexibility index (Phi) is 2.53. The Hall–Kier alpha value is -1.37. The summed E-state index contributed by atoms with van der Waals surface area (Å²) in [6.45, 7) is 1.18. The van der Waals surface area contributed by atoms with E-state index >= 15 is 0 Å². The number of fused-ring (bicyclic) bond motifs is 1. The van der Waals surface area contributed by atoms with Gasteiger partial charge in [0.2, 0.25) is 0 Å². The third-order valence-corrected chi connectivity index (χ3v) is 4.65. The van der Waals surface area contributed by atoms with Crippen LogP contribution < -0.4 is 0 Å². The van der Waals surface area contributed by atoms with E-state index in [9.17, 15) is 23.2 Å². The number of benzene rings is 1. The van der Waals surface area contributed by atoms with Gasteiger partial charge in [-0.3, -0.25) is 4.55 Å². The van der Waals surface area contributed by atoms with Gasteiger partial charge < -0.3 is 10.2 Å². The fourth-order valence-corrected chi connectivity index (χ4v) is 2.89. The molecule has 0 fully saturated rings. The van der Waals surface area contributed by atoms with E-state index in [-0.39, 0.29) is 5.56 Å². The highest BCUT2D eigenvalue weighted by Gasteiger charge is 2.51. The molecule has 17 heavy (non-hydrogen) atoms. The highest BCUT2D eigenvalue weighted by molar-refractivity contribution is 7.86. The fourth-order valence-electron chi connectivity index (χ4n) is 2.02. The maximum Gasteiger partial charge on any atom is 0.277 e. The van der Waals surface area contributed by atoms with Crippen LogP contribution in [0.3, 0.4) is 0 Å². The molecule has 0 amide bonds. The van der Waals surface area contributed by atoms with Crippen molar-refractivity contribution in [3.63, 3.8) is 0 Å². The van der Waals surface area contributed by atoms with Crippen molar-refractivity contribution in [2.24, 2.45) is 0 Å². The number of aliphatic hydroxyl groups excluding tert-OH is 2. The lowest BCUT2D eigenvalue weighted by Gasteiger charge is -2.35. The Bertz CT molecular complexity index is 590. The van der Waals surface area contributed by atoms with Crippen LogP contribution in [-0.2, 0) is 14.9 Å². The van der Waals surface area contributed by atoms with Gasteiger partial charge in [-0.1, -0.05) is 24.3 Å². The van der Waals surface area contributed by atoms with Crippen molar-refractivity contribution < 1.29 is 23.2 Å². The molecular formula is C11H12O5S. The molecule has 2 unspecified atom stereocenters. The summed E-state index contributed by atoms with van der Waals surface area (Å²) in [5, 5.41) is 19.4. The summed E-state index contributed by atoms with van der Waals surface area (Å²) in [6, 6.07) is 6.37. The van der Waals surface area contributed by atoms with Crippen molar-refractivity contribution in [2.75, 3.05) is 0 Å². The van der Waals surface area contributed by atoms with Gasteiger partial charge in [0.05, 0.1) is 0 Å². The normalized spacial score (nSPS) is 28.4. The number of rotatable bonds is 1. The van der Waals surface area contributed by atoms with Crippen molar-refractivity contribution >= 4 is 16.2 Å². The Morgan fingerprint density at radius 1 is 1.29 bits per heavy atom. The summed E-state index contributed by atoms with van der Waals surface area (Å²) in [6.07, 6.45) is -0.403. The van der Waals surface area contributed by atoms with Crippen molar-refractivity contribution in [2.45, 2.75) is 17.8 Å². The van der Waals surface area contributed by atoms with Crippen LogP contribution in [0.15, 0.2) is 30.0 Å². The molecule has 0 radical (unpaired) electrons. The summed E-state index contributed by atoms with van der Waals surface area (Å²) < 4.78 is 30.3. The van der Waals surface area contributed by atoms with Crippen LogP contribution in [-0.4, -0.2) is 29.3 Å². The lowest BCUT2D eigenvalue weighted by atomic mass is 9.84. The molecule has 1 aromatic rings. The Morgan fingerprint density at radius 2 is 1.88 bits per heavy atom. The molecule has 0 bridgehead atoms. The third-order valence-electron chi connectivity index (χ3n) is 3.14. The van der Waals surface area contributed by atoms with E-state index in [1.807, 2.05) is 0 Å². The highest BCUT2D eigenvalue weighted by Crippen LogP contribution is 2.41. The van der Waals surface area contributed by atoms with Crippen molar-refractivity contribution in [1.29, 1.82) is 0 Å². The SMILES string of the molecule is CC1(S(=O)(=O)O)c2ccccc2C=C(O)C1O. The molecule has 1 aliphatic carbocycles. The summed E-state index contributed by atoms with van der Waals surface area (Å²) in [5.41, 5.74) is 0.711. The molecule has 1 aromatic carbocycles. The van der Waals surface area contributed by atoms with Crippen molar-refractivity contribution in [1.82, 2.24) is 0 Å². The first-order chi connectivity index (χ1) is 7.78. The smallest absolute Gasteiger partial charge is 0.277 e. The van der Waals surface area contributed by atoms with Crippen LogP contribution in [0.4, 0.5) is 0 Å². The first kappa shape index (κ1) is 12.1. The van der Waals surface area contributed by atoms with Crippen molar-refractivity contribution in [3.05, 3.63) is 41.2 Å². The van der Waals surface area contributed by atoms with Crippen LogP contribution in [0, 0.1) is 0 Å². The first-order valence-corrected chi connectivity index (χ1v) is 6.37. The van der Waals surface area contributed by atoms with E-state index < -0.39 is 26.7 Å². The Labute approximate surface area is 98.8 Å². The molecule has 1 aliphatic rings. The molecule has 2 atom stereocenters. The molecular weight excluding hydrogens is 244 g/mol. The van der Waals surface area contributed by atoms with Gasteiger partial charge in [0, 0.05) is 0 Å². The lowest BCUT2D eigenvalue weighted by Crippen LogP contribution is -2.46. The minimum absolute atomic E-state index is 0.257. The first-order valence-electron chi connectivity index (χ1n) is 4.93. The molecule has 3 N–H and O–H groups in total. The van der Waals surface area contributed by atoms with E-state index in [0.29, 0.717) is 5.56 Å². The second-order valence-electron chi connectivity index (χ2n) is 4.14. The largest absolute Gasteiger partial charge is 0.509 e.